The van der Waals surface area contributed by atoms with Gasteiger partial charge in [-0.05, 0) is 43.7 Å². The minimum atomic E-state index is -0.530. The van der Waals surface area contributed by atoms with Crippen LogP contribution in [0.25, 0.3) is 5.69 Å². The standard InChI is InChI=1S/C25H27FN4O3/c1-17-23(18(2)30(27-17)20-7-5-4-6-8-20)24(31)25(32)29-13-11-28(12-14-29)16-19-9-10-22(33-3)21(26)15-19/h4-10,15H,11-14,16H2,1-3H3. The Hall–Kier alpha value is -3.52. The Bertz CT molecular complexity index is 1170. The number of nitrogens with zero attached hydrogens (tertiary/aromatic N) is 4. The molecule has 1 aromatic heterocycles. The monoisotopic (exact) mass is 450 g/mol. The second kappa shape index (κ2) is 9.54. The minimum Gasteiger partial charge on any atom is -0.494 e. The zero-order valence-electron chi connectivity index (χ0n) is 19.0. The maximum Gasteiger partial charge on any atom is 0.295 e. The molecule has 0 atom stereocenters. The molecule has 0 N–H and O–H groups in total. The number of piperazine rings is 1. The van der Waals surface area contributed by atoms with Gasteiger partial charge >= 0.3 is 0 Å². The minimum absolute atomic E-state index is 0.217. The summed E-state index contributed by atoms with van der Waals surface area (Å²) in [7, 11) is 1.44. The van der Waals surface area contributed by atoms with Crippen LogP contribution in [0.5, 0.6) is 5.75 Å². The second-order valence-electron chi connectivity index (χ2n) is 8.16. The lowest BCUT2D eigenvalue weighted by Gasteiger charge is -2.34. The van der Waals surface area contributed by atoms with Gasteiger partial charge in [0, 0.05) is 32.7 Å². The number of Topliss-reactive ketones (excluding diaryl/α,β-unsaturated/α-hetero) is 1. The van der Waals surface area contributed by atoms with Gasteiger partial charge in [0.25, 0.3) is 11.7 Å². The zero-order chi connectivity index (χ0) is 23.5. The predicted octanol–water partition coefficient (Wildman–Crippen LogP) is 3.16. The number of aryl methyl sites for hydroxylation is 1. The van der Waals surface area contributed by atoms with E-state index >= 15 is 0 Å². The molecule has 172 valence electrons. The summed E-state index contributed by atoms with van der Waals surface area (Å²) in [6.07, 6.45) is 0. The van der Waals surface area contributed by atoms with Crippen LogP contribution >= 0.6 is 0 Å². The zero-order valence-corrected chi connectivity index (χ0v) is 19.0. The Kier molecular flexibility index (Phi) is 6.55. The molecule has 0 saturated carbocycles. The van der Waals surface area contributed by atoms with E-state index in [1.54, 1.807) is 29.5 Å². The number of carbonyl (C=O) groups is 2. The fourth-order valence-corrected chi connectivity index (χ4v) is 4.22. The van der Waals surface area contributed by atoms with Crippen molar-refractivity contribution in [2.45, 2.75) is 20.4 Å². The Labute approximate surface area is 192 Å². The molecule has 1 amide bonds. The Morgan fingerprint density at radius 2 is 1.73 bits per heavy atom. The van der Waals surface area contributed by atoms with Crippen molar-refractivity contribution in [2.24, 2.45) is 0 Å². The van der Waals surface area contributed by atoms with Crippen LogP contribution in [0, 0.1) is 19.7 Å². The topological polar surface area (TPSA) is 67.7 Å². The first kappa shape index (κ1) is 22.7. The summed E-state index contributed by atoms with van der Waals surface area (Å²) in [4.78, 5) is 29.8. The average Bonchev–Trinajstić information content (AvgIpc) is 3.13. The predicted molar refractivity (Wildman–Crippen MR) is 122 cm³/mol. The first-order chi connectivity index (χ1) is 15.9. The molecule has 0 unspecified atom stereocenters. The number of ether oxygens (including phenoxy) is 1. The van der Waals surface area contributed by atoms with E-state index in [0.717, 1.165) is 11.3 Å². The number of hydrogen-bond donors (Lipinski definition) is 0. The summed E-state index contributed by atoms with van der Waals surface area (Å²) in [5, 5.41) is 4.48. The van der Waals surface area contributed by atoms with Crippen molar-refractivity contribution in [1.29, 1.82) is 0 Å². The summed E-state index contributed by atoms with van der Waals surface area (Å²) in [6, 6.07) is 14.4. The molecule has 8 heteroatoms. The highest BCUT2D eigenvalue weighted by atomic mass is 19.1. The van der Waals surface area contributed by atoms with Crippen molar-refractivity contribution in [3.05, 3.63) is 76.9 Å². The van der Waals surface area contributed by atoms with Crippen LogP contribution in [0.1, 0.15) is 27.3 Å². The first-order valence-corrected chi connectivity index (χ1v) is 10.9. The molecule has 0 bridgehead atoms. The van der Waals surface area contributed by atoms with Gasteiger partial charge in [0.05, 0.1) is 29.7 Å². The molecule has 1 saturated heterocycles. The lowest BCUT2D eigenvalue weighted by molar-refractivity contribution is -0.128. The van der Waals surface area contributed by atoms with Gasteiger partial charge in [-0.15, -0.1) is 0 Å². The number of methoxy groups -OCH3 is 1. The third-order valence-corrected chi connectivity index (χ3v) is 6.00. The van der Waals surface area contributed by atoms with Crippen molar-refractivity contribution >= 4 is 11.7 Å². The van der Waals surface area contributed by atoms with E-state index in [2.05, 4.69) is 10.00 Å². The third-order valence-electron chi connectivity index (χ3n) is 6.00. The van der Waals surface area contributed by atoms with Crippen LogP contribution in [0.15, 0.2) is 48.5 Å². The lowest BCUT2D eigenvalue weighted by Crippen LogP contribution is -2.50. The SMILES string of the molecule is COc1ccc(CN2CCN(C(=O)C(=O)c3c(C)nn(-c4ccccc4)c3C)CC2)cc1F. The fraction of sp³-hybridized carbons (Fsp3) is 0.320. The third kappa shape index (κ3) is 4.66. The van der Waals surface area contributed by atoms with Gasteiger partial charge < -0.3 is 9.64 Å². The van der Waals surface area contributed by atoms with E-state index in [1.165, 1.54) is 13.2 Å². The summed E-state index contributed by atoms with van der Waals surface area (Å²) in [6.45, 7) is 6.21. The number of rotatable bonds is 6. The summed E-state index contributed by atoms with van der Waals surface area (Å²) < 4.78 is 20.6. The van der Waals surface area contributed by atoms with Crippen molar-refractivity contribution in [3.63, 3.8) is 0 Å². The van der Waals surface area contributed by atoms with Crippen LogP contribution in [-0.4, -0.2) is 64.6 Å². The molecular formula is C25H27FN4O3. The fourth-order valence-electron chi connectivity index (χ4n) is 4.22. The van der Waals surface area contributed by atoms with Gasteiger partial charge in [0.15, 0.2) is 11.6 Å². The Morgan fingerprint density at radius 3 is 2.36 bits per heavy atom. The molecule has 1 aliphatic rings. The summed E-state index contributed by atoms with van der Waals surface area (Å²) >= 11 is 0. The molecule has 3 aromatic rings. The number of hydrogen-bond acceptors (Lipinski definition) is 5. The van der Waals surface area contributed by atoms with Crippen LogP contribution in [-0.2, 0) is 11.3 Å². The molecule has 0 spiro atoms. The van der Waals surface area contributed by atoms with E-state index in [4.69, 9.17) is 4.74 Å². The largest absolute Gasteiger partial charge is 0.494 e. The molecule has 1 aliphatic heterocycles. The van der Waals surface area contributed by atoms with Crippen molar-refractivity contribution in [3.8, 4) is 11.4 Å². The van der Waals surface area contributed by atoms with Crippen molar-refractivity contribution in [1.82, 2.24) is 19.6 Å². The van der Waals surface area contributed by atoms with Crippen LogP contribution in [0.4, 0.5) is 4.39 Å². The molecule has 0 aliphatic carbocycles. The van der Waals surface area contributed by atoms with Gasteiger partial charge in [-0.1, -0.05) is 24.3 Å². The number of amides is 1. The van der Waals surface area contributed by atoms with Gasteiger partial charge in [0.2, 0.25) is 0 Å². The quantitative estimate of drug-likeness (QED) is 0.426. The lowest BCUT2D eigenvalue weighted by atomic mass is 10.1. The van der Waals surface area contributed by atoms with Crippen LogP contribution in [0.2, 0.25) is 0 Å². The molecule has 4 rings (SSSR count). The Morgan fingerprint density at radius 1 is 1.03 bits per heavy atom. The van der Waals surface area contributed by atoms with Gasteiger partial charge in [-0.25, -0.2) is 9.07 Å². The maximum absolute atomic E-state index is 14.0. The molecule has 33 heavy (non-hydrogen) atoms. The maximum atomic E-state index is 14.0. The van der Waals surface area contributed by atoms with E-state index in [9.17, 15) is 14.0 Å². The molecule has 2 heterocycles. The molecule has 1 fully saturated rings. The summed E-state index contributed by atoms with van der Waals surface area (Å²) in [5.41, 5.74) is 3.23. The van der Waals surface area contributed by atoms with Crippen LogP contribution in [0.3, 0.4) is 0 Å². The average molecular weight is 451 g/mol. The molecule has 7 nitrogen and oxygen atoms in total. The number of benzene rings is 2. The smallest absolute Gasteiger partial charge is 0.295 e. The van der Waals surface area contributed by atoms with E-state index in [0.29, 0.717) is 49.7 Å². The number of para-hydroxylation sites is 1. The van der Waals surface area contributed by atoms with Crippen molar-refractivity contribution in [2.75, 3.05) is 33.3 Å². The van der Waals surface area contributed by atoms with Crippen molar-refractivity contribution < 1.29 is 18.7 Å². The van der Waals surface area contributed by atoms with E-state index in [1.807, 2.05) is 36.4 Å². The second-order valence-corrected chi connectivity index (χ2v) is 8.16. The van der Waals surface area contributed by atoms with Gasteiger partial charge in [-0.3, -0.25) is 14.5 Å². The number of aromatic nitrogens is 2. The number of halogens is 1. The van der Waals surface area contributed by atoms with E-state index in [-0.39, 0.29) is 5.75 Å². The highest BCUT2D eigenvalue weighted by molar-refractivity contribution is 6.43. The highest BCUT2D eigenvalue weighted by Gasteiger charge is 2.30. The molecular weight excluding hydrogens is 423 g/mol. The normalized spacial score (nSPS) is 14.4. The Balaban J connectivity index is 1.40. The van der Waals surface area contributed by atoms with Crippen LogP contribution < -0.4 is 4.74 Å². The molecule has 2 aromatic carbocycles. The van der Waals surface area contributed by atoms with Gasteiger partial charge in [-0.2, -0.15) is 5.10 Å². The van der Waals surface area contributed by atoms with Gasteiger partial charge in [0.1, 0.15) is 0 Å². The number of carbonyl (C=O) groups excluding carboxylic acids is 2. The summed E-state index contributed by atoms with van der Waals surface area (Å²) in [5.74, 6) is -1.22. The highest BCUT2D eigenvalue weighted by Crippen LogP contribution is 2.21. The van der Waals surface area contributed by atoms with E-state index < -0.39 is 17.5 Å². The molecule has 0 radical (unpaired) electrons. The first-order valence-electron chi connectivity index (χ1n) is 10.9. The number of ketones is 1.